The second-order valence-electron chi connectivity index (χ2n) is 10.6. The number of amides is 2. The molecule has 2 amide bonds. The number of nitriles is 1. The number of carbonyl (C=O) groups is 2. The lowest BCUT2D eigenvalue weighted by atomic mass is 9.96. The number of anilines is 1. The molecule has 0 atom stereocenters. The zero-order valence-corrected chi connectivity index (χ0v) is 25.2. The van der Waals surface area contributed by atoms with Gasteiger partial charge >= 0.3 is 0 Å². The predicted molar refractivity (Wildman–Crippen MR) is 167 cm³/mol. The fourth-order valence-electron chi connectivity index (χ4n) is 5.60. The number of thiophene rings is 1. The van der Waals surface area contributed by atoms with Crippen molar-refractivity contribution in [1.82, 2.24) is 4.90 Å². The Kier molecular flexibility index (Phi) is 9.95. The highest BCUT2D eigenvalue weighted by Crippen LogP contribution is 2.38. The van der Waals surface area contributed by atoms with Crippen LogP contribution in [-0.4, -0.2) is 33.7 Å². The highest BCUT2D eigenvalue weighted by atomic mass is 32.2. The number of fused-ring (bicyclic) bond motifs is 1. The van der Waals surface area contributed by atoms with Gasteiger partial charge in [-0.3, -0.25) is 14.5 Å². The van der Waals surface area contributed by atoms with E-state index in [-0.39, 0.29) is 17.9 Å². The number of ether oxygens (including phenoxy) is 1. The van der Waals surface area contributed by atoms with Gasteiger partial charge in [0.2, 0.25) is 5.91 Å². The first kappa shape index (κ1) is 28.8. The Morgan fingerprint density at radius 1 is 1.12 bits per heavy atom. The fourth-order valence-corrected chi connectivity index (χ4v) is 8.15. The molecule has 2 aromatic rings. The van der Waals surface area contributed by atoms with Crippen molar-refractivity contribution in [2.24, 2.45) is 0 Å². The number of hydrogen-bond donors (Lipinski definition) is 1. The highest BCUT2D eigenvalue weighted by molar-refractivity contribution is 8.26. The largest absolute Gasteiger partial charge is 0.490 e. The summed E-state index contributed by atoms with van der Waals surface area (Å²) in [5.74, 6) is 0.700. The predicted octanol–water partition coefficient (Wildman–Crippen LogP) is 7.61. The number of thioether (sulfide) groups is 1. The fraction of sp³-hybridized carbons (Fsp3) is 0.484. The van der Waals surface area contributed by atoms with Gasteiger partial charge in [0.15, 0.2) is 0 Å². The average Bonchev–Trinajstić information content (AvgIpc) is 3.45. The molecule has 1 saturated carbocycles. The van der Waals surface area contributed by atoms with Gasteiger partial charge in [-0.05, 0) is 81.9 Å². The molecule has 9 heteroatoms. The molecule has 3 aliphatic rings. The van der Waals surface area contributed by atoms with E-state index in [9.17, 15) is 14.9 Å². The van der Waals surface area contributed by atoms with Gasteiger partial charge in [0.1, 0.15) is 21.1 Å². The quantitative estimate of drug-likeness (QED) is 0.173. The third-order valence-electron chi connectivity index (χ3n) is 7.75. The summed E-state index contributed by atoms with van der Waals surface area (Å²) in [6, 6.07) is 10.2. The van der Waals surface area contributed by atoms with E-state index in [4.69, 9.17) is 17.0 Å². The molecular weight excluding hydrogens is 559 g/mol. The SMILES string of the molecule is N#Cc1c(NC(=O)CCCCCN2C(=O)/C(=C/c3ccccc3OC3CCCCC3)SC2=S)sc2c1CCCC2. The summed E-state index contributed by atoms with van der Waals surface area (Å²) >= 11 is 8.43. The number of unbranched alkanes of at least 4 members (excludes halogenated alkanes) is 2. The summed E-state index contributed by atoms with van der Waals surface area (Å²) in [7, 11) is 0. The first-order valence-electron chi connectivity index (χ1n) is 14.4. The second kappa shape index (κ2) is 13.8. The van der Waals surface area contributed by atoms with Gasteiger partial charge in [0.05, 0.1) is 16.6 Å². The van der Waals surface area contributed by atoms with E-state index in [1.54, 1.807) is 16.2 Å². The number of rotatable bonds is 10. The lowest BCUT2D eigenvalue weighted by Gasteiger charge is -2.23. The smallest absolute Gasteiger partial charge is 0.266 e. The normalized spacial score (nSPS) is 18.6. The van der Waals surface area contributed by atoms with Crippen molar-refractivity contribution < 1.29 is 14.3 Å². The number of benzene rings is 1. The number of nitrogens with one attached hydrogen (secondary N) is 1. The Morgan fingerprint density at radius 3 is 2.75 bits per heavy atom. The molecule has 40 heavy (non-hydrogen) atoms. The van der Waals surface area contributed by atoms with E-state index in [2.05, 4.69) is 11.4 Å². The molecule has 2 aliphatic carbocycles. The monoisotopic (exact) mass is 593 g/mol. The Morgan fingerprint density at radius 2 is 1.93 bits per heavy atom. The molecule has 1 aromatic carbocycles. The average molecular weight is 594 g/mol. The van der Waals surface area contributed by atoms with Crippen molar-refractivity contribution in [3.05, 3.63) is 50.7 Å². The summed E-state index contributed by atoms with van der Waals surface area (Å²) in [5.41, 5.74) is 2.69. The number of nitrogens with zero attached hydrogens (tertiary/aromatic N) is 2. The molecular formula is C31H35N3O3S3. The van der Waals surface area contributed by atoms with E-state index in [1.807, 2.05) is 30.3 Å². The molecule has 0 bridgehead atoms. The van der Waals surface area contributed by atoms with Crippen molar-refractivity contribution in [3.63, 3.8) is 0 Å². The molecule has 0 radical (unpaired) electrons. The standard InChI is InChI=1S/C31H35N3O3S3/c32-20-24-23-14-7-9-16-26(23)39-29(24)33-28(35)17-5-2-10-18-34-30(36)27(40-31(34)38)19-21-11-6-8-15-25(21)37-22-12-3-1-4-13-22/h6,8,11,15,19,22H,1-5,7,9-10,12-14,16-18H2,(H,33,35)/b27-19-. The number of thiocarbonyl (C=S) groups is 1. The van der Waals surface area contributed by atoms with E-state index in [0.717, 1.165) is 74.7 Å². The maximum Gasteiger partial charge on any atom is 0.266 e. The summed E-state index contributed by atoms with van der Waals surface area (Å²) in [4.78, 5) is 29.3. The highest BCUT2D eigenvalue weighted by Gasteiger charge is 2.32. The van der Waals surface area contributed by atoms with Gasteiger partial charge in [0.25, 0.3) is 5.91 Å². The van der Waals surface area contributed by atoms with Crippen LogP contribution < -0.4 is 10.1 Å². The Bertz CT molecular complexity index is 1340. The third-order valence-corrected chi connectivity index (χ3v) is 10.3. The van der Waals surface area contributed by atoms with Crippen molar-refractivity contribution >= 4 is 62.5 Å². The number of hydrogen-bond acceptors (Lipinski definition) is 7. The van der Waals surface area contributed by atoms with Gasteiger partial charge in [0, 0.05) is 23.4 Å². The first-order valence-corrected chi connectivity index (χ1v) is 16.4. The Hall–Kier alpha value is -2.67. The molecule has 1 saturated heterocycles. The van der Waals surface area contributed by atoms with Gasteiger partial charge in [-0.1, -0.05) is 55.0 Å². The van der Waals surface area contributed by atoms with Gasteiger partial charge < -0.3 is 10.1 Å². The van der Waals surface area contributed by atoms with Crippen LogP contribution in [-0.2, 0) is 22.4 Å². The van der Waals surface area contributed by atoms with Crippen LogP contribution in [0.25, 0.3) is 6.08 Å². The zero-order chi connectivity index (χ0) is 27.9. The molecule has 1 N–H and O–H groups in total. The lowest BCUT2D eigenvalue weighted by molar-refractivity contribution is -0.122. The van der Waals surface area contributed by atoms with Crippen LogP contribution in [0.5, 0.6) is 5.75 Å². The third kappa shape index (κ3) is 6.96. The molecule has 6 nitrogen and oxygen atoms in total. The molecule has 2 heterocycles. The minimum Gasteiger partial charge on any atom is -0.490 e. The summed E-state index contributed by atoms with van der Waals surface area (Å²) in [5, 5.41) is 13.3. The van der Waals surface area contributed by atoms with Crippen LogP contribution in [0.4, 0.5) is 5.00 Å². The van der Waals surface area contributed by atoms with Crippen LogP contribution in [0.2, 0.25) is 0 Å². The second-order valence-corrected chi connectivity index (χ2v) is 13.4. The zero-order valence-electron chi connectivity index (χ0n) is 22.7. The van der Waals surface area contributed by atoms with Crippen LogP contribution in [0.15, 0.2) is 29.2 Å². The van der Waals surface area contributed by atoms with Crippen molar-refractivity contribution in [3.8, 4) is 11.8 Å². The molecule has 5 rings (SSSR count). The van der Waals surface area contributed by atoms with Gasteiger partial charge in [-0.25, -0.2) is 0 Å². The van der Waals surface area contributed by atoms with Crippen molar-refractivity contribution in [1.29, 1.82) is 5.26 Å². The van der Waals surface area contributed by atoms with E-state index in [1.165, 1.54) is 35.9 Å². The van der Waals surface area contributed by atoms with E-state index < -0.39 is 0 Å². The minimum atomic E-state index is -0.0640. The maximum absolute atomic E-state index is 13.2. The number of aryl methyl sites for hydroxylation is 1. The van der Waals surface area contributed by atoms with Crippen molar-refractivity contribution in [2.75, 3.05) is 11.9 Å². The van der Waals surface area contributed by atoms with Gasteiger partial charge in [-0.15, -0.1) is 11.3 Å². The molecule has 1 aliphatic heterocycles. The van der Waals surface area contributed by atoms with Crippen LogP contribution >= 0.6 is 35.3 Å². The van der Waals surface area contributed by atoms with Crippen LogP contribution in [0.1, 0.15) is 92.2 Å². The number of para-hydroxylation sites is 1. The van der Waals surface area contributed by atoms with Crippen molar-refractivity contribution in [2.45, 2.75) is 89.6 Å². The first-order chi connectivity index (χ1) is 19.5. The molecule has 1 aromatic heterocycles. The number of carbonyl (C=O) groups excluding carboxylic acids is 2. The van der Waals surface area contributed by atoms with Crippen LogP contribution in [0.3, 0.4) is 0 Å². The summed E-state index contributed by atoms with van der Waals surface area (Å²) < 4.78 is 6.88. The molecule has 0 unspecified atom stereocenters. The Balaban J connectivity index is 1.09. The Labute approximate surface area is 250 Å². The molecule has 210 valence electrons. The summed E-state index contributed by atoms with van der Waals surface area (Å²) in [6.45, 7) is 0.542. The topological polar surface area (TPSA) is 82.4 Å². The molecule has 2 fully saturated rings. The van der Waals surface area contributed by atoms with Gasteiger partial charge in [-0.2, -0.15) is 5.26 Å². The van der Waals surface area contributed by atoms with E-state index in [0.29, 0.717) is 32.8 Å². The lowest BCUT2D eigenvalue weighted by Crippen LogP contribution is -2.29. The minimum absolute atomic E-state index is 0.0576. The molecule has 0 spiro atoms. The van der Waals surface area contributed by atoms with Crippen LogP contribution in [0, 0.1) is 11.3 Å². The summed E-state index contributed by atoms with van der Waals surface area (Å²) in [6.07, 6.45) is 14.8. The van der Waals surface area contributed by atoms with E-state index >= 15 is 0 Å². The maximum atomic E-state index is 13.2.